The number of carbonyl (C=O) groups is 2. The van der Waals surface area contributed by atoms with E-state index in [1.165, 1.54) is 7.11 Å². The monoisotopic (exact) mass is 572 g/mol. The Morgan fingerprint density at radius 2 is 1.71 bits per heavy atom. The van der Waals surface area contributed by atoms with Crippen molar-refractivity contribution < 1.29 is 86.1 Å². The summed E-state index contributed by atoms with van der Waals surface area (Å²) in [7, 11) is 3.11. The fourth-order valence-electron chi connectivity index (χ4n) is 2.46. The number of nitrogens with two attached hydrogens (primary N) is 1. The van der Waals surface area contributed by atoms with Gasteiger partial charge in [-0.1, -0.05) is 0 Å². The van der Waals surface area contributed by atoms with E-state index in [0.29, 0.717) is 12.1 Å². The summed E-state index contributed by atoms with van der Waals surface area (Å²) in [6.07, 6.45) is -13.2. The number of aliphatic hydroxyl groups is 3. The van der Waals surface area contributed by atoms with E-state index in [1.54, 1.807) is 7.05 Å². The Labute approximate surface area is 208 Å². The number of benzene rings is 1. The van der Waals surface area contributed by atoms with E-state index in [-0.39, 0.29) is 12.6 Å². The minimum atomic E-state index is -5.28. The number of esters is 1. The Balaban J connectivity index is 0.00000131. The molecular weight excluding hydrogens is 548 g/mol. The molecular formula is C18H24F6N3O11+. The number of likely N-dealkylation sites (N-methyl/N-ethyl adjacent to an activating group) is 1. The molecule has 38 heavy (non-hydrogen) atoms. The summed E-state index contributed by atoms with van der Waals surface area (Å²) in [4.78, 5) is 29.3. The van der Waals surface area contributed by atoms with Crippen molar-refractivity contribution in [1.82, 2.24) is 5.32 Å². The molecule has 0 aliphatic carbocycles. The van der Waals surface area contributed by atoms with E-state index >= 15 is 0 Å². The number of hydrogen-bond acceptors (Lipinski definition) is 12. The van der Waals surface area contributed by atoms with Crippen molar-refractivity contribution in [1.29, 1.82) is 0 Å². The zero-order chi connectivity index (χ0) is 29.9. The van der Waals surface area contributed by atoms with Gasteiger partial charge in [-0.05, 0) is 25.3 Å². The van der Waals surface area contributed by atoms with Crippen LogP contribution in [-0.4, -0.2) is 78.5 Å². The van der Waals surface area contributed by atoms with Crippen LogP contribution in [0, 0.1) is 0 Å². The lowest BCUT2D eigenvalue weighted by Gasteiger charge is -2.31. The molecule has 0 aromatic heterocycles. The Hall–Kier alpha value is -3.24. The Kier molecular flexibility index (Phi) is 13.4. The van der Waals surface area contributed by atoms with Crippen LogP contribution < -0.4 is 26.6 Å². The summed E-state index contributed by atoms with van der Waals surface area (Å²) < 4.78 is 89.7. The summed E-state index contributed by atoms with van der Waals surface area (Å²) in [5.74, 6) is -1.02. The molecule has 2 rings (SSSR count). The van der Waals surface area contributed by atoms with Gasteiger partial charge in [0.2, 0.25) is 12.9 Å². The number of carboxylic acids is 1. The number of nitrogens with one attached hydrogen (secondary N) is 1. The van der Waals surface area contributed by atoms with Gasteiger partial charge >= 0.3 is 30.5 Å². The van der Waals surface area contributed by atoms with Crippen LogP contribution >= 0.6 is 0 Å². The van der Waals surface area contributed by atoms with Gasteiger partial charge in [-0.3, -0.25) is 9.63 Å². The van der Waals surface area contributed by atoms with E-state index in [1.807, 2.05) is 0 Å². The molecule has 1 unspecified atom stereocenters. The van der Waals surface area contributed by atoms with Gasteiger partial charge < -0.3 is 40.0 Å². The van der Waals surface area contributed by atoms with Crippen molar-refractivity contribution in [3.63, 3.8) is 0 Å². The summed E-state index contributed by atoms with van der Waals surface area (Å²) in [6.45, 7) is -0.914. The number of halogens is 6. The number of fused-ring (bicyclic) bond motifs is 1. The molecule has 1 aliphatic rings. The highest BCUT2D eigenvalue weighted by Crippen LogP contribution is 2.44. The van der Waals surface area contributed by atoms with Crippen molar-refractivity contribution in [2.45, 2.75) is 24.6 Å². The minimum absolute atomic E-state index is 0.0417. The third-order valence-electron chi connectivity index (χ3n) is 3.63. The maximum absolute atomic E-state index is 13.3. The molecule has 10 N–H and O–H groups in total. The first-order chi connectivity index (χ1) is 17.3. The van der Waals surface area contributed by atoms with Gasteiger partial charge in [0.1, 0.15) is 11.5 Å². The van der Waals surface area contributed by atoms with Crippen LogP contribution in [-0.2, 0) is 30.0 Å². The molecule has 0 spiro atoms. The molecule has 1 aromatic rings. The van der Waals surface area contributed by atoms with Crippen molar-refractivity contribution in [2.75, 3.05) is 27.5 Å². The largest absolute Gasteiger partial charge is 0.573 e. The third-order valence-corrected chi connectivity index (χ3v) is 3.63. The molecule has 1 atom stereocenters. The van der Waals surface area contributed by atoms with Crippen LogP contribution in [0.25, 0.3) is 6.08 Å². The first-order valence-electron chi connectivity index (χ1n) is 9.52. The van der Waals surface area contributed by atoms with Crippen LogP contribution in [0.2, 0.25) is 0 Å². The average molecular weight is 572 g/mol. The lowest BCUT2D eigenvalue weighted by atomic mass is 9.97. The summed E-state index contributed by atoms with van der Waals surface area (Å²) in [5.41, 5.74) is -3.22. The lowest BCUT2D eigenvalue weighted by molar-refractivity contribution is -0.679. The molecule has 14 nitrogen and oxygen atoms in total. The van der Waals surface area contributed by atoms with Gasteiger partial charge in [0.05, 0.1) is 24.8 Å². The topological polar surface area (TPSA) is 227 Å². The zero-order valence-electron chi connectivity index (χ0n) is 19.4. The van der Waals surface area contributed by atoms with E-state index in [4.69, 9.17) is 5.11 Å². The SMILES string of the molecule is CNCC(=O)O.CO[NH3+].NOCOC(=O)C1=Cc2cc(OC(F)(F)F)cc(C(O)(O)O)c2OC1C(F)(F)F. The molecule has 0 amide bonds. The molecule has 0 fully saturated rings. The van der Waals surface area contributed by atoms with Gasteiger partial charge in [-0.2, -0.15) is 13.2 Å². The fourth-order valence-corrected chi connectivity index (χ4v) is 2.46. The number of rotatable bonds is 7. The first kappa shape index (κ1) is 34.8. The van der Waals surface area contributed by atoms with Crippen molar-refractivity contribution >= 4 is 18.0 Å². The number of quaternary nitrogens is 1. The van der Waals surface area contributed by atoms with Gasteiger partial charge in [0, 0.05) is 5.56 Å². The van der Waals surface area contributed by atoms with Gasteiger partial charge in [0.15, 0.2) is 0 Å². The highest BCUT2D eigenvalue weighted by atomic mass is 19.4. The van der Waals surface area contributed by atoms with Gasteiger partial charge in [-0.25, -0.2) is 21.4 Å². The van der Waals surface area contributed by atoms with Crippen molar-refractivity contribution in [3.8, 4) is 11.5 Å². The number of alkyl halides is 6. The predicted molar refractivity (Wildman–Crippen MR) is 108 cm³/mol. The highest BCUT2D eigenvalue weighted by Gasteiger charge is 2.50. The molecule has 1 aliphatic heterocycles. The second-order valence-corrected chi connectivity index (χ2v) is 6.64. The standard InChI is InChI=1S/C14H11F6NO8.C3H7NO2.CH6NO/c15-12(16,17)10-7(11(22)26-4-27-21)2-5-1-6(29-14(18,19)20)3-8(9(5)28-10)13(23,24)25;1-4-2-3(5)6;1-3-2/h1-3,10,23-25H,4,21H2;4H,2H2,1H3,(H,5,6);1-2H3/q;;+1. The quantitative estimate of drug-likeness (QED) is 0.0888. The lowest BCUT2D eigenvalue weighted by Crippen LogP contribution is -2.46. The van der Waals surface area contributed by atoms with Crippen molar-refractivity contribution in [3.05, 3.63) is 28.8 Å². The summed E-state index contributed by atoms with van der Waals surface area (Å²) in [5, 5.41) is 38.3. The highest BCUT2D eigenvalue weighted by molar-refractivity contribution is 5.96. The second kappa shape index (κ2) is 14.6. The van der Waals surface area contributed by atoms with Gasteiger partial charge in [-0.15, -0.1) is 13.2 Å². The van der Waals surface area contributed by atoms with Crippen LogP contribution in [0.4, 0.5) is 26.3 Å². The van der Waals surface area contributed by atoms with Crippen LogP contribution in [0.15, 0.2) is 17.7 Å². The molecule has 1 aromatic carbocycles. The predicted octanol–water partition coefficient (Wildman–Crippen LogP) is -1.15. The number of ether oxygens (including phenoxy) is 3. The Morgan fingerprint density at radius 1 is 1.16 bits per heavy atom. The van der Waals surface area contributed by atoms with Gasteiger partial charge in [0.25, 0.3) is 0 Å². The minimum Gasteiger partial charge on any atom is -0.480 e. The molecule has 1 heterocycles. The molecule has 218 valence electrons. The molecule has 0 saturated carbocycles. The summed E-state index contributed by atoms with van der Waals surface area (Å²) >= 11 is 0. The Morgan fingerprint density at radius 3 is 2.08 bits per heavy atom. The first-order valence-corrected chi connectivity index (χ1v) is 9.52. The van der Waals surface area contributed by atoms with Crippen molar-refractivity contribution in [2.24, 2.45) is 5.90 Å². The molecule has 0 bridgehead atoms. The normalized spacial score (nSPS) is 14.9. The molecule has 0 radical (unpaired) electrons. The second-order valence-electron chi connectivity index (χ2n) is 6.64. The molecule has 0 saturated heterocycles. The third kappa shape index (κ3) is 11.9. The maximum Gasteiger partial charge on any atom is 0.573 e. The molecule has 20 heteroatoms. The smallest absolute Gasteiger partial charge is 0.480 e. The number of hydrogen-bond donors (Lipinski definition) is 7. The number of aliphatic carboxylic acids is 1. The van der Waals surface area contributed by atoms with E-state index < -0.39 is 71.5 Å². The number of carbonyl (C=O) groups excluding carboxylic acids is 1. The van der Waals surface area contributed by atoms with E-state index in [9.17, 15) is 51.3 Å². The van der Waals surface area contributed by atoms with E-state index in [2.05, 4.69) is 41.0 Å². The van der Waals surface area contributed by atoms with E-state index in [0.717, 1.165) is 0 Å². The van der Waals surface area contributed by atoms with Crippen LogP contribution in [0.3, 0.4) is 0 Å². The summed E-state index contributed by atoms with van der Waals surface area (Å²) in [6, 6.07) is 0.677. The Bertz CT molecular complexity index is 965. The average Bonchev–Trinajstić information content (AvgIpc) is 2.74. The number of carboxylic acid groups (broad SMARTS) is 1. The van der Waals surface area contributed by atoms with Crippen LogP contribution in [0.1, 0.15) is 11.1 Å². The zero-order valence-corrected chi connectivity index (χ0v) is 19.4. The fraction of sp³-hybridized carbons (Fsp3) is 0.444. The van der Waals surface area contributed by atoms with Crippen LogP contribution in [0.5, 0.6) is 11.5 Å². The maximum atomic E-state index is 13.3.